The van der Waals surface area contributed by atoms with Gasteiger partial charge in [-0.2, -0.15) is 0 Å². The van der Waals surface area contributed by atoms with E-state index in [4.69, 9.17) is 4.52 Å². The molecule has 0 aliphatic rings. The third kappa shape index (κ3) is 2.37. The zero-order valence-corrected chi connectivity index (χ0v) is 12.7. The Labute approximate surface area is 138 Å². The quantitative estimate of drug-likeness (QED) is 0.590. The van der Waals surface area contributed by atoms with E-state index in [0.29, 0.717) is 22.6 Å². The number of fused-ring (bicyclic) bond motifs is 1. The van der Waals surface area contributed by atoms with Crippen LogP contribution in [0.25, 0.3) is 33.4 Å². The number of hydrogen-bond donors (Lipinski definition) is 1. The van der Waals surface area contributed by atoms with Crippen molar-refractivity contribution in [3.63, 3.8) is 0 Å². The largest absolute Gasteiger partial charge is 0.391 e. The van der Waals surface area contributed by atoms with E-state index >= 15 is 0 Å². The maximum atomic E-state index is 13.1. The molecule has 0 saturated carbocycles. The number of nitrogens with zero attached hydrogens (tertiary/aromatic N) is 1. The molecule has 24 heavy (non-hydrogen) atoms. The van der Waals surface area contributed by atoms with Crippen molar-refractivity contribution < 1.29 is 14.0 Å². The maximum absolute atomic E-state index is 13.1. The van der Waals surface area contributed by atoms with Crippen LogP contribution in [0.3, 0.4) is 0 Å². The van der Waals surface area contributed by atoms with Gasteiger partial charge in [0.05, 0.1) is 12.2 Å². The van der Waals surface area contributed by atoms with Gasteiger partial charge in [0.2, 0.25) is 0 Å². The minimum atomic E-state index is -0.321. The highest BCUT2D eigenvalue weighted by molar-refractivity contribution is 5.97. The first-order valence-electron chi connectivity index (χ1n) is 7.61. The summed E-state index contributed by atoms with van der Waals surface area (Å²) in [6.45, 7) is -0.214. The van der Waals surface area contributed by atoms with E-state index in [9.17, 15) is 9.50 Å². The van der Waals surface area contributed by atoms with Crippen LogP contribution < -0.4 is 0 Å². The summed E-state index contributed by atoms with van der Waals surface area (Å²) in [5, 5.41) is 16.2. The third-order valence-corrected chi connectivity index (χ3v) is 4.10. The molecule has 0 aliphatic heterocycles. The Hall–Kier alpha value is -2.98. The van der Waals surface area contributed by atoms with E-state index in [2.05, 4.69) is 5.16 Å². The van der Waals surface area contributed by atoms with Crippen LogP contribution in [0, 0.1) is 5.82 Å². The molecule has 0 fully saturated rings. The summed E-state index contributed by atoms with van der Waals surface area (Å²) in [7, 11) is 0. The van der Waals surface area contributed by atoms with Crippen LogP contribution in [0.4, 0.5) is 4.39 Å². The van der Waals surface area contributed by atoms with Gasteiger partial charge in [-0.05, 0) is 35.0 Å². The zero-order chi connectivity index (χ0) is 16.5. The minimum absolute atomic E-state index is 0.214. The summed E-state index contributed by atoms with van der Waals surface area (Å²) in [6, 6.07) is 19.8. The second kappa shape index (κ2) is 5.91. The van der Waals surface area contributed by atoms with Gasteiger partial charge >= 0.3 is 0 Å². The average Bonchev–Trinajstić information content (AvgIpc) is 3.05. The summed E-state index contributed by atoms with van der Waals surface area (Å²) in [6.07, 6.45) is 0. The maximum Gasteiger partial charge on any atom is 0.173 e. The van der Waals surface area contributed by atoms with E-state index in [1.165, 1.54) is 12.1 Å². The highest BCUT2D eigenvalue weighted by atomic mass is 19.1. The molecule has 0 aliphatic carbocycles. The lowest BCUT2D eigenvalue weighted by molar-refractivity contribution is 0.281. The van der Waals surface area contributed by atoms with Gasteiger partial charge in [0, 0.05) is 11.1 Å². The van der Waals surface area contributed by atoms with E-state index in [1.54, 1.807) is 12.1 Å². The molecular weight excluding hydrogens is 305 g/mol. The van der Waals surface area contributed by atoms with Gasteiger partial charge in [-0.15, -0.1) is 0 Å². The van der Waals surface area contributed by atoms with Crippen LogP contribution in [0.1, 0.15) is 5.56 Å². The second-order valence-electron chi connectivity index (χ2n) is 5.53. The lowest BCUT2D eigenvalue weighted by Gasteiger charge is -2.05. The van der Waals surface area contributed by atoms with Gasteiger partial charge in [-0.3, -0.25) is 0 Å². The van der Waals surface area contributed by atoms with Crippen molar-refractivity contribution >= 4 is 10.8 Å². The molecule has 0 bridgehead atoms. The molecule has 0 spiro atoms. The summed E-state index contributed by atoms with van der Waals surface area (Å²) in [4.78, 5) is 0. The molecule has 1 N–H and O–H groups in total. The lowest BCUT2D eigenvalue weighted by Crippen LogP contribution is -1.90. The van der Waals surface area contributed by atoms with Gasteiger partial charge in [-0.25, -0.2) is 4.39 Å². The number of aliphatic hydroxyl groups is 1. The third-order valence-electron chi connectivity index (χ3n) is 4.10. The predicted molar refractivity (Wildman–Crippen MR) is 90.8 cm³/mol. The van der Waals surface area contributed by atoms with Gasteiger partial charge in [-0.1, -0.05) is 47.6 Å². The number of hydrogen-bond acceptors (Lipinski definition) is 3. The topological polar surface area (TPSA) is 46.3 Å². The molecule has 118 valence electrons. The molecule has 0 radical (unpaired) electrons. The van der Waals surface area contributed by atoms with Crippen molar-refractivity contribution in [1.82, 2.24) is 5.16 Å². The van der Waals surface area contributed by atoms with Gasteiger partial charge in [0.15, 0.2) is 5.76 Å². The highest BCUT2D eigenvalue weighted by Crippen LogP contribution is 2.35. The van der Waals surface area contributed by atoms with Crippen LogP contribution in [-0.4, -0.2) is 10.3 Å². The zero-order valence-electron chi connectivity index (χ0n) is 12.7. The fraction of sp³-hybridized carbons (Fsp3) is 0.0500. The molecule has 0 unspecified atom stereocenters. The van der Waals surface area contributed by atoms with Crippen molar-refractivity contribution in [1.29, 1.82) is 0 Å². The van der Waals surface area contributed by atoms with Crippen LogP contribution >= 0.6 is 0 Å². The van der Waals surface area contributed by atoms with Gasteiger partial charge < -0.3 is 9.63 Å². The van der Waals surface area contributed by atoms with Crippen molar-refractivity contribution in [2.24, 2.45) is 0 Å². The van der Waals surface area contributed by atoms with Crippen molar-refractivity contribution in [3.8, 4) is 22.6 Å². The molecular formula is C20H14FNO2. The number of halogens is 1. The fourth-order valence-electron chi connectivity index (χ4n) is 2.93. The van der Waals surface area contributed by atoms with E-state index < -0.39 is 0 Å². The van der Waals surface area contributed by atoms with Crippen LogP contribution in [0.2, 0.25) is 0 Å². The summed E-state index contributed by atoms with van der Waals surface area (Å²) in [5.41, 5.74) is 2.78. The molecule has 3 aromatic carbocycles. The fourth-order valence-corrected chi connectivity index (χ4v) is 2.93. The standard InChI is InChI=1S/C20H14FNO2/c21-15-10-8-14(9-11-15)20-18(12-23)19(22-24-20)17-7-3-5-13-4-1-2-6-16(13)17/h1-11,23H,12H2. The van der Waals surface area contributed by atoms with E-state index in [0.717, 1.165) is 16.3 Å². The Bertz CT molecular complexity index is 1000. The van der Waals surface area contributed by atoms with Crippen LogP contribution in [0.15, 0.2) is 71.3 Å². The highest BCUT2D eigenvalue weighted by Gasteiger charge is 2.19. The first-order valence-corrected chi connectivity index (χ1v) is 7.61. The van der Waals surface area contributed by atoms with E-state index in [-0.39, 0.29) is 12.4 Å². The Morgan fingerprint density at radius 3 is 2.46 bits per heavy atom. The minimum Gasteiger partial charge on any atom is -0.391 e. The molecule has 0 saturated heterocycles. The Balaban J connectivity index is 1.92. The summed E-state index contributed by atoms with van der Waals surface area (Å²) >= 11 is 0. The average molecular weight is 319 g/mol. The molecule has 4 rings (SSSR count). The normalized spacial score (nSPS) is 11.1. The Morgan fingerprint density at radius 2 is 1.67 bits per heavy atom. The smallest absolute Gasteiger partial charge is 0.173 e. The summed E-state index contributed by atoms with van der Waals surface area (Å²) in [5.74, 6) is 0.138. The molecule has 4 heteroatoms. The monoisotopic (exact) mass is 319 g/mol. The Kier molecular flexibility index (Phi) is 3.59. The molecule has 1 heterocycles. The first kappa shape index (κ1) is 14.6. The van der Waals surface area contributed by atoms with Crippen molar-refractivity contribution in [2.75, 3.05) is 0 Å². The van der Waals surface area contributed by atoms with Crippen LogP contribution in [0.5, 0.6) is 0 Å². The molecule has 0 atom stereocenters. The lowest BCUT2D eigenvalue weighted by atomic mass is 9.98. The molecule has 0 amide bonds. The van der Waals surface area contributed by atoms with E-state index in [1.807, 2.05) is 42.5 Å². The number of rotatable bonds is 3. The number of benzene rings is 3. The van der Waals surface area contributed by atoms with Crippen molar-refractivity contribution in [3.05, 3.63) is 78.1 Å². The second-order valence-corrected chi connectivity index (χ2v) is 5.53. The molecule has 3 nitrogen and oxygen atoms in total. The van der Waals surface area contributed by atoms with Gasteiger partial charge in [0.1, 0.15) is 11.5 Å². The predicted octanol–water partition coefficient (Wildman–Crippen LogP) is 4.79. The summed E-state index contributed by atoms with van der Waals surface area (Å²) < 4.78 is 18.6. The van der Waals surface area contributed by atoms with Gasteiger partial charge in [0.25, 0.3) is 0 Å². The number of aromatic nitrogens is 1. The SMILES string of the molecule is OCc1c(-c2cccc3ccccc23)noc1-c1ccc(F)cc1. The molecule has 4 aromatic rings. The first-order chi connectivity index (χ1) is 11.8. The van der Waals surface area contributed by atoms with Crippen molar-refractivity contribution in [2.45, 2.75) is 6.61 Å². The molecule has 1 aromatic heterocycles. The number of aliphatic hydroxyl groups excluding tert-OH is 1. The Morgan fingerprint density at radius 1 is 0.917 bits per heavy atom. The van der Waals surface area contributed by atoms with Crippen LogP contribution in [-0.2, 0) is 6.61 Å².